The molecule has 1 aromatic carbocycles. The first-order valence-corrected chi connectivity index (χ1v) is 6.58. The number of carboxylic acids is 1. The van der Waals surface area contributed by atoms with Crippen LogP contribution in [0.25, 0.3) is 0 Å². The third kappa shape index (κ3) is 3.79. The first-order chi connectivity index (χ1) is 9.97. The number of carbonyl (C=O) groups is 2. The van der Waals surface area contributed by atoms with Gasteiger partial charge in [0.2, 0.25) is 0 Å². The molecule has 0 aliphatic rings. The minimum atomic E-state index is -1.13. The van der Waals surface area contributed by atoms with Crippen molar-refractivity contribution >= 4 is 23.5 Å². The van der Waals surface area contributed by atoms with Crippen molar-refractivity contribution in [2.75, 3.05) is 0 Å². The topological polar surface area (TPSA) is 79.3 Å². The van der Waals surface area contributed by atoms with Crippen molar-refractivity contribution in [2.24, 2.45) is 0 Å². The molecule has 0 unspecified atom stereocenters. The molecular formula is C15H13ClN2O3. The number of aromatic nitrogens is 1. The number of benzene rings is 1. The molecule has 1 atom stereocenters. The molecule has 2 N–H and O–H groups in total. The predicted molar refractivity (Wildman–Crippen MR) is 78.3 cm³/mol. The Hall–Kier alpha value is -2.40. The molecular weight excluding hydrogens is 292 g/mol. The molecule has 0 saturated carbocycles. The number of amides is 1. The van der Waals surface area contributed by atoms with Crippen molar-refractivity contribution in [1.82, 2.24) is 10.3 Å². The molecule has 2 rings (SSSR count). The van der Waals surface area contributed by atoms with Crippen LogP contribution in [0, 0.1) is 6.92 Å². The summed E-state index contributed by atoms with van der Waals surface area (Å²) in [6.07, 6.45) is 0. The number of carbonyl (C=O) groups excluding carboxylic acids is 1. The van der Waals surface area contributed by atoms with Gasteiger partial charge in [0.25, 0.3) is 5.91 Å². The zero-order valence-corrected chi connectivity index (χ0v) is 12.0. The van der Waals surface area contributed by atoms with Crippen LogP contribution in [-0.2, 0) is 4.79 Å². The fourth-order valence-corrected chi connectivity index (χ4v) is 2.16. The number of nitrogens with one attached hydrogen (secondary N) is 1. The highest BCUT2D eigenvalue weighted by atomic mass is 35.5. The number of pyridine rings is 1. The first kappa shape index (κ1) is 15.0. The fraction of sp³-hybridized carbons (Fsp3) is 0.133. The highest BCUT2D eigenvalue weighted by molar-refractivity contribution is 6.29. The third-order valence-electron chi connectivity index (χ3n) is 2.84. The van der Waals surface area contributed by atoms with Crippen LogP contribution in [0.5, 0.6) is 0 Å². The monoisotopic (exact) mass is 304 g/mol. The summed E-state index contributed by atoms with van der Waals surface area (Å²) >= 11 is 5.80. The molecule has 0 spiro atoms. The molecule has 1 aromatic heterocycles. The highest BCUT2D eigenvalue weighted by Gasteiger charge is 2.22. The van der Waals surface area contributed by atoms with Gasteiger partial charge < -0.3 is 10.4 Å². The number of hydrogen-bond donors (Lipinski definition) is 2. The molecule has 21 heavy (non-hydrogen) atoms. The minimum Gasteiger partial charge on any atom is -0.479 e. The summed E-state index contributed by atoms with van der Waals surface area (Å²) < 4.78 is 0. The number of carboxylic acid groups (broad SMARTS) is 1. The maximum atomic E-state index is 12.2. The predicted octanol–water partition coefficient (Wildman–Crippen LogP) is 2.60. The quantitative estimate of drug-likeness (QED) is 0.851. The molecule has 1 amide bonds. The summed E-state index contributed by atoms with van der Waals surface area (Å²) in [6, 6.07) is 10.3. The Kier molecular flexibility index (Phi) is 4.55. The zero-order chi connectivity index (χ0) is 15.4. The van der Waals surface area contributed by atoms with E-state index in [4.69, 9.17) is 11.6 Å². The van der Waals surface area contributed by atoms with Crippen LogP contribution in [0.15, 0.2) is 42.5 Å². The van der Waals surface area contributed by atoms with Gasteiger partial charge >= 0.3 is 5.97 Å². The van der Waals surface area contributed by atoms with Crippen molar-refractivity contribution < 1.29 is 14.7 Å². The summed E-state index contributed by atoms with van der Waals surface area (Å²) in [7, 11) is 0. The number of aliphatic carboxylic acids is 1. The Labute approximate surface area is 126 Å². The van der Waals surface area contributed by atoms with Gasteiger partial charge in [-0.05, 0) is 24.6 Å². The van der Waals surface area contributed by atoms with E-state index in [0.29, 0.717) is 11.3 Å². The maximum Gasteiger partial charge on any atom is 0.330 e. The van der Waals surface area contributed by atoms with E-state index in [0.717, 1.165) is 0 Å². The second-order valence-electron chi connectivity index (χ2n) is 4.48. The van der Waals surface area contributed by atoms with Crippen LogP contribution in [0.3, 0.4) is 0 Å². The molecule has 6 heteroatoms. The number of aryl methyl sites for hydroxylation is 1. The van der Waals surface area contributed by atoms with Gasteiger partial charge in [-0.15, -0.1) is 0 Å². The Morgan fingerprint density at radius 2 is 1.90 bits per heavy atom. The second kappa shape index (κ2) is 6.37. The molecule has 0 aliphatic carbocycles. The van der Waals surface area contributed by atoms with E-state index in [1.165, 1.54) is 6.07 Å². The molecule has 1 heterocycles. The standard InChI is InChI=1S/C15H13ClN2O3/c1-9-7-11(8-12(16)17-9)14(19)18-13(15(20)21)10-5-3-2-4-6-10/h2-8,13H,1H3,(H,18,19)(H,20,21)/t13-/m0/s1. The van der Waals surface area contributed by atoms with E-state index >= 15 is 0 Å². The summed E-state index contributed by atoms with van der Waals surface area (Å²) in [4.78, 5) is 27.5. The number of rotatable bonds is 4. The zero-order valence-electron chi connectivity index (χ0n) is 11.2. The SMILES string of the molecule is Cc1cc(C(=O)N[C@H](C(=O)O)c2ccccc2)cc(Cl)n1. The lowest BCUT2D eigenvalue weighted by Crippen LogP contribution is -2.33. The van der Waals surface area contributed by atoms with Crippen molar-refractivity contribution in [3.05, 3.63) is 64.4 Å². The van der Waals surface area contributed by atoms with E-state index in [1.807, 2.05) is 0 Å². The second-order valence-corrected chi connectivity index (χ2v) is 4.86. The summed E-state index contributed by atoms with van der Waals surface area (Å²) in [5.41, 5.74) is 1.35. The maximum absolute atomic E-state index is 12.2. The van der Waals surface area contributed by atoms with Gasteiger partial charge in [-0.3, -0.25) is 4.79 Å². The van der Waals surface area contributed by atoms with E-state index < -0.39 is 17.9 Å². The lowest BCUT2D eigenvalue weighted by molar-refractivity contribution is -0.139. The molecule has 0 fully saturated rings. The Bertz CT molecular complexity index is 654. The summed E-state index contributed by atoms with van der Waals surface area (Å²) in [5.74, 6) is -1.65. The van der Waals surface area contributed by atoms with Gasteiger partial charge in [0, 0.05) is 11.3 Å². The average Bonchev–Trinajstić information content (AvgIpc) is 2.44. The largest absolute Gasteiger partial charge is 0.479 e. The van der Waals surface area contributed by atoms with Gasteiger partial charge in [-0.1, -0.05) is 41.9 Å². The lowest BCUT2D eigenvalue weighted by Gasteiger charge is -2.15. The van der Waals surface area contributed by atoms with Crippen LogP contribution < -0.4 is 5.32 Å². The van der Waals surface area contributed by atoms with Crippen molar-refractivity contribution in [1.29, 1.82) is 0 Å². The van der Waals surface area contributed by atoms with Gasteiger partial charge in [0.1, 0.15) is 5.15 Å². The summed E-state index contributed by atoms with van der Waals surface area (Å²) in [5, 5.41) is 11.9. The number of hydrogen-bond acceptors (Lipinski definition) is 3. The number of halogens is 1. The van der Waals surface area contributed by atoms with Crippen LogP contribution in [-0.4, -0.2) is 22.0 Å². The first-order valence-electron chi connectivity index (χ1n) is 6.20. The van der Waals surface area contributed by atoms with Gasteiger partial charge in [0.15, 0.2) is 6.04 Å². The summed E-state index contributed by atoms with van der Waals surface area (Å²) in [6.45, 7) is 1.70. The van der Waals surface area contributed by atoms with Gasteiger partial charge in [-0.25, -0.2) is 9.78 Å². The third-order valence-corrected chi connectivity index (χ3v) is 3.03. The van der Waals surface area contributed by atoms with E-state index in [1.54, 1.807) is 43.3 Å². The normalized spacial score (nSPS) is 11.7. The molecule has 0 radical (unpaired) electrons. The fourth-order valence-electron chi connectivity index (χ4n) is 1.91. The Morgan fingerprint density at radius 3 is 2.48 bits per heavy atom. The molecule has 2 aromatic rings. The van der Waals surface area contributed by atoms with Crippen LogP contribution in [0.1, 0.15) is 27.7 Å². The van der Waals surface area contributed by atoms with Crippen molar-refractivity contribution in [2.45, 2.75) is 13.0 Å². The molecule has 5 nitrogen and oxygen atoms in total. The van der Waals surface area contributed by atoms with Crippen molar-refractivity contribution in [3.8, 4) is 0 Å². The Balaban J connectivity index is 2.25. The minimum absolute atomic E-state index is 0.187. The molecule has 0 aliphatic heterocycles. The van der Waals surface area contributed by atoms with Gasteiger partial charge in [-0.2, -0.15) is 0 Å². The molecule has 108 valence electrons. The molecule has 0 bridgehead atoms. The highest BCUT2D eigenvalue weighted by Crippen LogP contribution is 2.15. The lowest BCUT2D eigenvalue weighted by atomic mass is 10.1. The van der Waals surface area contributed by atoms with Crippen LogP contribution >= 0.6 is 11.6 Å². The van der Waals surface area contributed by atoms with E-state index in [-0.39, 0.29) is 10.7 Å². The average molecular weight is 305 g/mol. The van der Waals surface area contributed by atoms with Gasteiger partial charge in [0.05, 0.1) is 0 Å². The van der Waals surface area contributed by atoms with E-state index in [2.05, 4.69) is 10.3 Å². The smallest absolute Gasteiger partial charge is 0.330 e. The Morgan fingerprint density at radius 1 is 1.24 bits per heavy atom. The van der Waals surface area contributed by atoms with E-state index in [9.17, 15) is 14.7 Å². The van der Waals surface area contributed by atoms with Crippen molar-refractivity contribution in [3.63, 3.8) is 0 Å². The van der Waals surface area contributed by atoms with Crippen LogP contribution in [0.2, 0.25) is 5.15 Å². The molecule has 0 saturated heterocycles. The number of nitrogens with zero attached hydrogens (tertiary/aromatic N) is 1. The van der Waals surface area contributed by atoms with Crippen LogP contribution in [0.4, 0.5) is 0 Å².